The number of aryl methyl sites for hydroxylation is 1. The number of hydrogen-bond acceptors (Lipinski definition) is 8. The van der Waals surface area contributed by atoms with Gasteiger partial charge in [-0.25, -0.2) is 18.6 Å². The zero-order valence-electron chi connectivity index (χ0n) is 18.6. The first-order chi connectivity index (χ1) is 15.8. The third-order valence-electron chi connectivity index (χ3n) is 5.74. The van der Waals surface area contributed by atoms with Crippen molar-refractivity contribution in [2.45, 2.75) is 19.1 Å². The molecule has 2 aromatic carbocycles. The molecule has 174 valence electrons. The van der Waals surface area contributed by atoms with E-state index < -0.39 is 15.5 Å². The molecular formula is C23H25FN4O4S. The van der Waals surface area contributed by atoms with Crippen molar-refractivity contribution in [1.29, 1.82) is 0 Å². The molecule has 10 heteroatoms. The maximum atomic E-state index is 14.1. The van der Waals surface area contributed by atoms with Crippen LogP contribution >= 0.6 is 0 Å². The second-order valence-electron chi connectivity index (χ2n) is 8.65. The standard InChI is InChI=1S/C23H25FN4O4S/c1-13-6-15(28-33(2,3)29)8-18-22(13)23(26-12-25-18)27-17-5-4-14(24)7-19(17)32-21-11-31-20-10-30-9-16(20)21/h4-8,12,16,20-21H,9-11H2,1-3H3,(H,25,26,27)/t16?,20-,21-/m1/s1. The minimum atomic E-state index is -2.30. The molecule has 2 fully saturated rings. The fraction of sp³-hybridized carbons (Fsp3) is 0.391. The molecule has 0 bridgehead atoms. The van der Waals surface area contributed by atoms with E-state index in [1.54, 1.807) is 24.6 Å². The Morgan fingerprint density at radius 3 is 2.85 bits per heavy atom. The number of ether oxygens (including phenoxy) is 3. The van der Waals surface area contributed by atoms with Gasteiger partial charge in [0.25, 0.3) is 0 Å². The van der Waals surface area contributed by atoms with E-state index >= 15 is 0 Å². The van der Waals surface area contributed by atoms with Gasteiger partial charge in [0, 0.05) is 33.7 Å². The van der Waals surface area contributed by atoms with Gasteiger partial charge in [-0.05, 0) is 36.8 Å². The number of rotatable bonds is 5. The van der Waals surface area contributed by atoms with Crippen molar-refractivity contribution >= 4 is 37.8 Å². The van der Waals surface area contributed by atoms with E-state index in [1.165, 1.54) is 18.5 Å². The van der Waals surface area contributed by atoms with Gasteiger partial charge in [-0.15, -0.1) is 0 Å². The van der Waals surface area contributed by atoms with Crippen molar-refractivity contribution in [3.05, 3.63) is 48.0 Å². The molecule has 3 heterocycles. The molecule has 0 amide bonds. The summed E-state index contributed by atoms with van der Waals surface area (Å²) in [5.41, 5.74) is 2.71. The first-order valence-electron chi connectivity index (χ1n) is 10.6. The number of benzene rings is 2. The Morgan fingerprint density at radius 1 is 1.18 bits per heavy atom. The summed E-state index contributed by atoms with van der Waals surface area (Å²) < 4.78 is 47.9. The van der Waals surface area contributed by atoms with Crippen LogP contribution in [0.2, 0.25) is 0 Å². The van der Waals surface area contributed by atoms with Gasteiger partial charge in [0.05, 0.1) is 48.7 Å². The van der Waals surface area contributed by atoms with Crippen LogP contribution in [0.15, 0.2) is 41.0 Å². The molecule has 5 rings (SSSR count). The highest BCUT2D eigenvalue weighted by molar-refractivity contribution is 7.92. The fourth-order valence-electron chi connectivity index (χ4n) is 4.30. The van der Waals surface area contributed by atoms with Gasteiger partial charge in [0.15, 0.2) is 0 Å². The Bertz CT molecular complexity index is 1330. The number of halogens is 1. The van der Waals surface area contributed by atoms with E-state index in [2.05, 4.69) is 19.6 Å². The van der Waals surface area contributed by atoms with E-state index in [1.807, 2.05) is 13.0 Å². The number of hydrogen-bond donors (Lipinski definition) is 1. The monoisotopic (exact) mass is 472 g/mol. The molecule has 33 heavy (non-hydrogen) atoms. The van der Waals surface area contributed by atoms with E-state index in [-0.39, 0.29) is 18.1 Å². The molecule has 0 saturated carbocycles. The quantitative estimate of drug-likeness (QED) is 0.600. The molecule has 1 N–H and O–H groups in total. The van der Waals surface area contributed by atoms with Crippen molar-refractivity contribution in [3.8, 4) is 5.75 Å². The van der Waals surface area contributed by atoms with Crippen molar-refractivity contribution in [2.24, 2.45) is 10.3 Å². The molecule has 3 atom stereocenters. The minimum Gasteiger partial charge on any atom is -0.485 e. The maximum absolute atomic E-state index is 14.1. The summed E-state index contributed by atoms with van der Waals surface area (Å²) in [7, 11) is -2.30. The predicted molar refractivity (Wildman–Crippen MR) is 125 cm³/mol. The number of nitrogens with one attached hydrogen (secondary N) is 1. The zero-order valence-corrected chi connectivity index (χ0v) is 19.4. The summed E-state index contributed by atoms with van der Waals surface area (Å²) >= 11 is 0. The number of fused-ring (bicyclic) bond motifs is 2. The lowest BCUT2D eigenvalue weighted by molar-refractivity contribution is 0.0498. The number of nitrogens with zero attached hydrogens (tertiary/aromatic N) is 3. The van der Waals surface area contributed by atoms with Crippen LogP contribution in [0.5, 0.6) is 5.75 Å². The molecule has 2 aliphatic heterocycles. The number of aromatic nitrogens is 2. The van der Waals surface area contributed by atoms with Gasteiger partial charge in [0.2, 0.25) is 0 Å². The third-order valence-corrected chi connectivity index (χ3v) is 6.39. The van der Waals surface area contributed by atoms with E-state index in [4.69, 9.17) is 14.2 Å². The smallest absolute Gasteiger partial charge is 0.146 e. The molecule has 0 aliphatic carbocycles. The number of anilines is 2. The zero-order chi connectivity index (χ0) is 23.2. The summed E-state index contributed by atoms with van der Waals surface area (Å²) in [6.07, 6.45) is 4.42. The fourth-order valence-corrected chi connectivity index (χ4v) is 4.91. The van der Waals surface area contributed by atoms with Gasteiger partial charge >= 0.3 is 0 Å². The predicted octanol–water partition coefficient (Wildman–Crippen LogP) is 3.97. The highest BCUT2D eigenvalue weighted by atomic mass is 32.2. The van der Waals surface area contributed by atoms with Crippen molar-refractivity contribution in [1.82, 2.24) is 9.97 Å². The molecule has 2 saturated heterocycles. The largest absolute Gasteiger partial charge is 0.485 e. The highest BCUT2D eigenvalue weighted by Gasteiger charge is 2.43. The Morgan fingerprint density at radius 2 is 2.03 bits per heavy atom. The second-order valence-corrected chi connectivity index (χ2v) is 11.2. The molecule has 3 aromatic rings. The van der Waals surface area contributed by atoms with Gasteiger partial charge in [-0.2, -0.15) is 4.36 Å². The highest BCUT2D eigenvalue weighted by Crippen LogP contribution is 2.36. The lowest BCUT2D eigenvalue weighted by atomic mass is 10.0. The van der Waals surface area contributed by atoms with Crippen molar-refractivity contribution < 1.29 is 22.8 Å². The molecule has 2 aliphatic rings. The molecule has 1 unspecified atom stereocenters. The van der Waals surface area contributed by atoms with Crippen LogP contribution in [0.3, 0.4) is 0 Å². The lowest BCUT2D eigenvalue weighted by Crippen LogP contribution is -2.28. The summed E-state index contributed by atoms with van der Waals surface area (Å²) in [5.74, 6) is 0.659. The lowest BCUT2D eigenvalue weighted by Gasteiger charge is -2.20. The van der Waals surface area contributed by atoms with E-state index in [0.717, 1.165) is 10.9 Å². The minimum absolute atomic E-state index is 0.0222. The third kappa shape index (κ3) is 4.64. The first kappa shape index (κ1) is 22.0. The molecular weight excluding hydrogens is 447 g/mol. The Hall–Kier alpha value is -2.82. The first-order valence-corrected chi connectivity index (χ1v) is 12.9. The van der Waals surface area contributed by atoms with Crippen LogP contribution in [0, 0.1) is 18.7 Å². The second kappa shape index (κ2) is 8.51. The van der Waals surface area contributed by atoms with Crippen molar-refractivity contribution in [2.75, 3.05) is 37.6 Å². The van der Waals surface area contributed by atoms with E-state index in [0.29, 0.717) is 48.3 Å². The summed E-state index contributed by atoms with van der Waals surface area (Å²) in [5, 5.41) is 4.07. The van der Waals surface area contributed by atoms with Crippen LogP contribution in [0.4, 0.5) is 21.6 Å². The summed E-state index contributed by atoms with van der Waals surface area (Å²) in [4.78, 5) is 8.78. The van der Waals surface area contributed by atoms with Gasteiger partial charge in [-0.3, -0.25) is 0 Å². The van der Waals surface area contributed by atoms with Crippen LogP contribution < -0.4 is 10.1 Å². The van der Waals surface area contributed by atoms with Gasteiger partial charge in [0.1, 0.15) is 29.8 Å². The van der Waals surface area contributed by atoms with Crippen LogP contribution in [0.1, 0.15) is 5.56 Å². The topological polar surface area (TPSA) is 94.9 Å². The summed E-state index contributed by atoms with van der Waals surface area (Å²) in [6.45, 7) is 3.48. The summed E-state index contributed by atoms with van der Waals surface area (Å²) in [6, 6.07) is 7.98. The van der Waals surface area contributed by atoms with Crippen LogP contribution in [-0.2, 0) is 19.2 Å². The Labute approximate surface area is 191 Å². The van der Waals surface area contributed by atoms with Gasteiger partial charge < -0.3 is 19.5 Å². The molecule has 0 radical (unpaired) electrons. The average Bonchev–Trinajstić information content (AvgIpc) is 3.34. The molecule has 8 nitrogen and oxygen atoms in total. The van der Waals surface area contributed by atoms with Gasteiger partial charge in [-0.1, -0.05) is 0 Å². The average molecular weight is 473 g/mol. The normalized spacial score (nSPS) is 22.4. The van der Waals surface area contributed by atoms with Crippen LogP contribution in [-0.4, -0.2) is 58.7 Å². The SMILES string of the molecule is Cc1cc(N=S(C)(C)=O)cc2ncnc(Nc3ccc(F)cc3O[C@@H]3CO[C@@H]4COCC43)c12. The molecule has 1 aromatic heterocycles. The Kier molecular flexibility index (Phi) is 5.67. The maximum Gasteiger partial charge on any atom is 0.146 e. The Balaban J connectivity index is 1.49. The van der Waals surface area contributed by atoms with Crippen LogP contribution in [0.25, 0.3) is 10.9 Å². The van der Waals surface area contributed by atoms with Crippen molar-refractivity contribution in [3.63, 3.8) is 0 Å². The van der Waals surface area contributed by atoms with E-state index in [9.17, 15) is 8.60 Å². The molecule has 0 spiro atoms.